The van der Waals surface area contributed by atoms with Crippen molar-refractivity contribution < 1.29 is 35.8 Å². The maximum atomic E-state index is 14.2. The lowest BCUT2D eigenvalue weighted by atomic mass is 9.74. The summed E-state index contributed by atoms with van der Waals surface area (Å²) in [5.74, 6) is 3.16. The highest BCUT2D eigenvalue weighted by atomic mass is 32.2. The monoisotopic (exact) mass is 586 g/mol. The van der Waals surface area contributed by atoms with E-state index >= 15 is 0 Å². The molecule has 1 saturated heterocycles. The molecule has 0 aliphatic carbocycles. The molecule has 4 heterocycles. The molecule has 0 unspecified atom stereocenters. The van der Waals surface area contributed by atoms with Gasteiger partial charge in [0.05, 0.1) is 0 Å². The Labute approximate surface area is 242 Å². The van der Waals surface area contributed by atoms with Crippen molar-refractivity contribution in [1.82, 2.24) is 0 Å². The molecule has 2 aliphatic heterocycles. The van der Waals surface area contributed by atoms with Crippen LogP contribution < -0.4 is 11.1 Å². The van der Waals surface area contributed by atoms with Gasteiger partial charge >= 0.3 is 21.9 Å². The summed E-state index contributed by atoms with van der Waals surface area (Å²) in [6, 6.07) is 20.3. The highest BCUT2D eigenvalue weighted by Gasteiger charge is 2.59. The zero-order chi connectivity index (χ0) is 29.5. The Bertz CT molecular complexity index is 1850. The smallest absolute Gasteiger partial charge is 0.396 e. The molecule has 42 heavy (non-hydrogen) atoms. The van der Waals surface area contributed by atoms with Gasteiger partial charge in [-0.15, -0.1) is 3.89 Å². The number of hydrogen-bond donors (Lipinski definition) is 3. The first-order valence-corrected chi connectivity index (χ1v) is 14.9. The first kappa shape index (κ1) is 27.5. The van der Waals surface area contributed by atoms with Crippen molar-refractivity contribution in [3.05, 3.63) is 107 Å². The number of furan rings is 2. The highest BCUT2D eigenvalue weighted by Crippen LogP contribution is 2.47. The van der Waals surface area contributed by atoms with Crippen LogP contribution in [0.25, 0.3) is 0 Å². The Morgan fingerprint density at radius 1 is 0.952 bits per heavy atom. The van der Waals surface area contributed by atoms with E-state index < -0.39 is 42.1 Å². The predicted molar refractivity (Wildman–Crippen MR) is 152 cm³/mol. The Kier molecular flexibility index (Phi) is 6.77. The summed E-state index contributed by atoms with van der Waals surface area (Å²) in [6.07, 6.45) is 0.722. The molecule has 0 saturated carbocycles. The van der Waals surface area contributed by atoms with E-state index in [1.165, 1.54) is 12.1 Å². The lowest BCUT2D eigenvalue weighted by Crippen LogP contribution is -2.62. The normalized spacial score (nSPS) is 21.3. The van der Waals surface area contributed by atoms with Crippen molar-refractivity contribution in [3.8, 4) is 11.8 Å². The number of fused-ring (bicyclic) bond motifs is 2. The van der Waals surface area contributed by atoms with Crippen molar-refractivity contribution >= 4 is 27.6 Å². The SMILES string of the molecule is NCc1ccc2c(c1)C1(CC[N+](C(=O)c3ccc(C#Cc4ccccc4)o3)(S(=O)(=O)c3ccc(C(=O)O)o3)CC1)CN2. The molecule has 0 bridgehead atoms. The molecule has 4 aromatic rings. The van der Waals surface area contributed by atoms with Gasteiger partial charge < -0.3 is 25.0 Å². The van der Waals surface area contributed by atoms with Gasteiger partial charge in [-0.3, -0.25) is 0 Å². The van der Waals surface area contributed by atoms with Crippen molar-refractivity contribution in [2.75, 3.05) is 25.0 Å². The molecular formula is C31H28N3O7S+. The first-order chi connectivity index (χ1) is 20.2. The third kappa shape index (κ3) is 4.50. The number of benzene rings is 2. The number of quaternary nitrogens is 1. The minimum Gasteiger partial charge on any atom is -0.475 e. The Morgan fingerprint density at radius 2 is 1.69 bits per heavy atom. The van der Waals surface area contributed by atoms with Crippen molar-refractivity contribution in [2.24, 2.45) is 5.73 Å². The standard InChI is InChI=1S/C31H27N3O7S/c32-19-22-7-10-25-24(18-22)31(20-33-25)14-16-34(17-15-31,42(38,39)28-13-12-27(41-28)30(36)37)29(35)26-11-9-23(40-26)8-6-21-4-2-1-3-5-21/h1-5,7,9-13,18,33H,14-17,19-20,32H2/p+1. The van der Waals surface area contributed by atoms with E-state index in [9.17, 15) is 23.1 Å². The molecule has 2 aromatic carbocycles. The largest absolute Gasteiger partial charge is 0.475 e. The Hall–Kier alpha value is -4.63. The number of rotatable bonds is 5. The van der Waals surface area contributed by atoms with Gasteiger partial charge in [0.25, 0.3) is 5.09 Å². The highest BCUT2D eigenvalue weighted by molar-refractivity contribution is 7.86. The van der Waals surface area contributed by atoms with Crippen LogP contribution in [0.5, 0.6) is 0 Å². The van der Waals surface area contributed by atoms with Crippen LogP contribution in [0.2, 0.25) is 0 Å². The maximum absolute atomic E-state index is 14.2. The van der Waals surface area contributed by atoms with Gasteiger partial charge in [-0.25, -0.2) is 9.59 Å². The number of carboxylic acids is 1. The molecule has 2 aliphatic rings. The summed E-state index contributed by atoms with van der Waals surface area (Å²) >= 11 is 0. The number of nitrogens with two attached hydrogens (primary N) is 1. The number of carbonyl (C=O) groups is 2. The average Bonchev–Trinajstić information content (AvgIpc) is 3.77. The fraction of sp³-hybridized carbons (Fsp3) is 0.226. The number of anilines is 1. The summed E-state index contributed by atoms with van der Waals surface area (Å²) in [6.45, 7) is 0.803. The van der Waals surface area contributed by atoms with E-state index in [-0.39, 0.29) is 24.6 Å². The zero-order valence-corrected chi connectivity index (χ0v) is 23.3. The van der Waals surface area contributed by atoms with Gasteiger partial charge in [0.15, 0.2) is 5.76 Å². The van der Waals surface area contributed by atoms with Crippen LogP contribution in [-0.2, 0) is 22.0 Å². The molecule has 2 aromatic heterocycles. The number of nitrogens with zero attached hydrogens (tertiary/aromatic N) is 1. The van der Waals surface area contributed by atoms with Gasteiger partial charge in [-0.05, 0) is 53.4 Å². The van der Waals surface area contributed by atoms with Crippen molar-refractivity contribution in [3.63, 3.8) is 0 Å². The molecule has 0 atom stereocenters. The lowest BCUT2D eigenvalue weighted by molar-refractivity contribution is -0.730. The van der Waals surface area contributed by atoms with E-state index in [1.54, 1.807) is 0 Å². The first-order valence-electron chi connectivity index (χ1n) is 13.4. The molecule has 11 heteroatoms. The number of carboxylic acid groups (broad SMARTS) is 1. The molecule has 10 nitrogen and oxygen atoms in total. The number of likely N-dealkylation sites (tertiary alicyclic amines) is 1. The molecule has 4 N–H and O–H groups in total. The minimum atomic E-state index is -4.54. The number of amides is 1. The maximum Gasteiger partial charge on any atom is 0.396 e. The fourth-order valence-electron chi connectivity index (χ4n) is 5.82. The van der Waals surface area contributed by atoms with Crippen LogP contribution in [0, 0.1) is 11.8 Å². The summed E-state index contributed by atoms with van der Waals surface area (Å²) in [7, 11) is -4.54. The average molecular weight is 587 g/mol. The number of carbonyl (C=O) groups excluding carboxylic acids is 1. The third-order valence-corrected chi connectivity index (χ3v) is 10.4. The molecule has 1 spiro atoms. The number of aromatic carboxylic acids is 1. The summed E-state index contributed by atoms with van der Waals surface area (Å²) < 4.78 is 38.4. The van der Waals surface area contributed by atoms with Crippen molar-refractivity contribution in [1.29, 1.82) is 0 Å². The van der Waals surface area contributed by atoms with Crippen LogP contribution in [0.1, 0.15) is 56.4 Å². The van der Waals surface area contributed by atoms with Crippen LogP contribution in [0.3, 0.4) is 0 Å². The van der Waals surface area contributed by atoms with Gasteiger partial charge in [0.1, 0.15) is 13.1 Å². The summed E-state index contributed by atoms with van der Waals surface area (Å²) in [5, 5.41) is 12.2. The molecular weight excluding hydrogens is 558 g/mol. The molecule has 1 fully saturated rings. The van der Waals surface area contributed by atoms with Gasteiger partial charge in [0, 0.05) is 48.7 Å². The van der Waals surface area contributed by atoms with E-state index in [4.69, 9.17) is 14.6 Å². The Morgan fingerprint density at radius 3 is 2.38 bits per heavy atom. The number of nitrogens with one attached hydrogen (secondary N) is 1. The van der Waals surface area contributed by atoms with Crippen LogP contribution >= 0.6 is 0 Å². The van der Waals surface area contributed by atoms with Gasteiger partial charge in [-0.1, -0.05) is 36.3 Å². The van der Waals surface area contributed by atoms with Crippen LogP contribution in [0.15, 0.2) is 86.7 Å². The van der Waals surface area contributed by atoms with Crippen LogP contribution in [0.4, 0.5) is 5.69 Å². The second-order valence-corrected chi connectivity index (χ2v) is 12.6. The molecule has 1 amide bonds. The van der Waals surface area contributed by atoms with Crippen LogP contribution in [-0.4, -0.2) is 48.9 Å². The number of hydrogen-bond acceptors (Lipinski definition) is 8. The molecule has 214 valence electrons. The topological polar surface area (TPSA) is 153 Å². The van der Waals surface area contributed by atoms with E-state index in [1.807, 2.05) is 48.5 Å². The van der Waals surface area contributed by atoms with E-state index in [0.29, 0.717) is 25.9 Å². The number of piperidine rings is 1. The summed E-state index contributed by atoms with van der Waals surface area (Å²) in [4.78, 5) is 25.6. The number of sulfonamides is 1. The Balaban J connectivity index is 1.38. The van der Waals surface area contributed by atoms with Gasteiger partial charge in [-0.2, -0.15) is 8.42 Å². The second-order valence-electron chi connectivity index (χ2n) is 10.5. The third-order valence-electron chi connectivity index (χ3n) is 8.21. The zero-order valence-electron chi connectivity index (χ0n) is 22.5. The lowest BCUT2D eigenvalue weighted by Gasteiger charge is -2.43. The van der Waals surface area contributed by atoms with E-state index in [0.717, 1.165) is 34.5 Å². The second kappa shape index (κ2) is 10.3. The summed E-state index contributed by atoms with van der Waals surface area (Å²) in [5.41, 5.74) is 9.22. The van der Waals surface area contributed by atoms with E-state index in [2.05, 4.69) is 17.2 Å². The fourth-order valence-corrected chi connectivity index (χ4v) is 7.57. The minimum absolute atomic E-state index is 0.0794. The van der Waals surface area contributed by atoms with Gasteiger partial charge in [0.2, 0.25) is 11.5 Å². The van der Waals surface area contributed by atoms with Crippen molar-refractivity contribution in [2.45, 2.75) is 29.9 Å². The molecule has 0 radical (unpaired) electrons. The quantitative estimate of drug-likeness (QED) is 0.233. The molecule has 6 rings (SSSR count). The predicted octanol–water partition coefficient (Wildman–Crippen LogP) is 3.93.